The van der Waals surface area contributed by atoms with Gasteiger partial charge in [0.2, 0.25) is 5.91 Å². The summed E-state index contributed by atoms with van der Waals surface area (Å²) in [5.41, 5.74) is 0.988. The van der Waals surface area contributed by atoms with E-state index in [4.69, 9.17) is 4.74 Å². The number of nitrogens with zero attached hydrogens (tertiary/aromatic N) is 3. The van der Waals surface area contributed by atoms with Gasteiger partial charge in [0, 0.05) is 12.6 Å². The Bertz CT molecular complexity index is 1050. The van der Waals surface area contributed by atoms with Gasteiger partial charge in [0.25, 0.3) is 5.91 Å². The van der Waals surface area contributed by atoms with Crippen molar-refractivity contribution < 1.29 is 19.1 Å². The minimum absolute atomic E-state index is 0.0245. The molecular formula is C25H32N4O4. The molecule has 1 aromatic carbocycles. The molecule has 1 unspecified atom stereocenters. The second-order valence-corrected chi connectivity index (χ2v) is 9.31. The third-order valence-electron chi connectivity index (χ3n) is 7.01. The number of methoxy groups -OCH3 is 1. The fourth-order valence-corrected chi connectivity index (χ4v) is 4.90. The summed E-state index contributed by atoms with van der Waals surface area (Å²) in [5, 5.41) is 3.23. The van der Waals surface area contributed by atoms with Gasteiger partial charge in [0.15, 0.2) is 5.69 Å². The summed E-state index contributed by atoms with van der Waals surface area (Å²) >= 11 is 0. The van der Waals surface area contributed by atoms with Gasteiger partial charge in [-0.1, -0.05) is 49.9 Å². The van der Waals surface area contributed by atoms with E-state index in [1.165, 1.54) is 26.3 Å². The SMILES string of the molecule is COC(=O)c1ncn2c1C(=O)N(Cc1ccccc1C)C(C)(C(=O)NC1CCCCCC1)C2. The Morgan fingerprint density at radius 3 is 2.55 bits per heavy atom. The quantitative estimate of drug-likeness (QED) is 0.555. The van der Waals surface area contributed by atoms with Gasteiger partial charge in [-0.2, -0.15) is 0 Å². The molecule has 1 aliphatic heterocycles. The third kappa shape index (κ3) is 4.38. The Morgan fingerprint density at radius 1 is 1.18 bits per heavy atom. The first-order chi connectivity index (χ1) is 15.8. The molecule has 1 aromatic heterocycles. The highest BCUT2D eigenvalue weighted by atomic mass is 16.5. The predicted octanol–water partition coefficient (Wildman–Crippen LogP) is 3.23. The minimum Gasteiger partial charge on any atom is -0.464 e. The molecule has 1 aliphatic carbocycles. The number of hydrogen-bond donors (Lipinski definition) is 1. The Balaban J connectivity index is 1.71. The summed E-state index contributed by atoms with van der Waals surface area (Å²) in [4.78, 5) is 45.5. The van der Waals surface area contributed by atoms with Crippen molar-refractivity contribution in [3.8, 4) is 0 Å². The number of aromatic nitrogens is 2. The maximum atomic E-state index is 13.8. The zero-order valence-corrected chi connectivity index (χ0v) is 19.6. The molecule has 0 spiro atoms. The van der Waals surface area contributed by atoms with Crippen molar-refractivity contribution >= 4 is 17.8 Å². The topological polar surface area (TPSA) is 93.5 Å². The van der Waals surface area contributed by atoms with Gasteiger partial charge in [0.05, 0.1) is 20.0 Å². The van der Waals surface area contributed by atoms with Crippen LogP contribution in [-0.2, 0) is 22.6 Å². The zero-order chi connectivity index (χ0) is 23.6. The lowest BCUT2D eigenvalue weighted by molar-refractivity contribution is -0.134. The van der Waals surface area contributed by atoms with Crippen LogP contribution in [0.2, 0.25) is 0 Å². The molecule has 1 saturated carbocycles. The summed E-state index contributed by atoms with van der Waals surface area (Å²) < 4.78 is 6.44. The van der Waals surface area contributed by atoms with Gasteiger partial charge >= 0.3 is 5.97 Å². The zero-order valence-electron chi connectivity index (χ0n) is 19.6. The fraction of sp³-hybridized carbons (Fsp3) is 0.520. The first-order valence-corrected chi connectivity index (χ1v) is 11.7. The summed E-state index contributed by atoms with van der Waals surface area (Å²) in [5.74, 6) is -1.24. The van der Waals surface area contributed by atoms with Crippen LogP contribution >= 0.6 is 0 Å². The molecule has 2 aromatic rings. The van der Waals surface area contributed by atoms with Gasteiger partial charge < -0.3 is 19.5 Å². The average molecular weight is 453 g/mol. The largest absolute Gasteiger partial charge is 0.464 e. The number of fused-ring (bicyclic) bond motifs is 1. The second-order valence-electron chi connectivity index (χ2n) is 9.31. The summed E-state index contributed by atoms with van der Waals surface area (Å²) in [6.45, 7) is 4.25. The Morgan fingerprint density at radius 2 is 1.88 bits per heavy atom. The van der Waals surface area contributed by atoms with Gasteiger partial charge in [0.1, 0.15) is 11.2 Å². The standard InChI is InChI=1S/C25H32N4O4/c1-17-10-8-9-11-18(17)14-29-22(30)21-20(23(31)33-3)26-16-28(21)15-25(29,2)24(32)27-19-12-6-4-5-7-13-19/h8-11,16,19H,4-7,12-15H2,1-3H3,(H,27,32). The molecule has 2 aliphatic rings. The fourth-order valence-electron chi connectivity index (χ4n) is 4.90. The summed E-state index contributed by atoms with van der Waals surface area (Å²) in [6.07, 6.45) is 7.93. The molecule has 0 bridgehead atoms. The van der Waals surface area contributed by atoms with Crippen molar-refractivity contribution in [2.24, 2.45) is 0 Å². The van der Waals surface area contributed by atoms with Crippen LogP contribution in [0.1, 0.15) is 77.6 Å². The molecule has 176 valence electrons. The predicted molar refractivity (Wildman–Crippen MR) is 123 cm³/mol. The van der Waals surface area contributed by atoms with Crippen molar-refractivity contribution in [1.82, 2.24) is 19.8 Å². The Labute approximate surface area is 194 Å². The maximum Gasteiger partial charge on any atom is 0.359 e. The Kier molecular flexibility index (Phi) is 6.54. The number of benzene rings is 1. The molecule has 2 amide bonds. The molecule has 8 nitrogen and oxygen atoms in total. The minimum atomic E-state index is -1.13. The molecule has 4 rings (SSSR count). The van der Waals surface area contributed by atoms with Crippen LogP contribution in [-0.4, -0.2) is 50.9 Å². The van der Waals surface area contributed by atoms with Crippen LogP contribution in [0.4, 0.5) is 0 Å². The molecule has 33 heavy (non-hydrogen) atoms. The molecule has 1 atom stereocenters. The first-order valence-electron chi connectivity index (χ1n) is 11.7. The number of aryl methyl sites for hydroxylation is 1. The summed E-state index contributed by atoms with van der Waals surface area (Å²) in [6, 6.07) is 7.92. The lowest BCUT2D eigenvalue weighted by Crippen LogP contribution is -2.64. The number of carbonyl (C=O) groups is 3. The molecule has 1 fully saturated rings. The highest BCUT2D eigenvalue weighted by Crippen LogP contribution is 2.32. The number of esters is 1. The van der Waals surface area contributed by atoms with Crippen LogP contribution in [0.3, 0.4) is 0 Å². The number of imidazole rings is 1. The molecule has 0 saturated heterocycles. The maximum absolute atomic E-state index is 13.8. The highest BCUT2D eigenvalue weighted by molar-refractivity contribution is 6.06. The number of ether oxygens (including phenoxy) is 1. The second kappa shape index (κ2) is 9.37. The van der Waals surface area contributed by atoms with Crippen LogP contribution in [0.25, 0.3) is 0 Å². The normalized spacial score (nSPS) is 21.3. The van der Waals surface area contributed by atoms with Gasteiger partial charge in [-0.05, 0) is 37.8 Å². The average Bonchev–Trinajstić information content (AvgIpc) is 3.05. The number of hydrogen-bond acceptors (Lipinski definition) is 5. The van der Waals surface area contributed by atoms with Gasteiger partial charge in [-0.15, -0.1) is 0 Å². The van der Waals surface area contributed by atoms with E-state index in [1.807, 2.05) is 31.2 Å². The van der Waals surface area contributed by atoms with Crippen molar-refractivity contribution in [2.75, 3.05) is 7.11 Å². The number of nitrogens with one attached hydrogen (secondary N) is 1. The lowest BCUT2D eigenvalue weighted by Gasteiger charge is -2.44. The molecular weight excluding hydrogens is 420 g/mol. The first kappa shape index (κ1) is 23.0. The van der Waals surface area contributed by atoms with Crippen molar-refractivity contribution in [2.45, 2.75) is 77.0 Å². The molecule has 8 heteroatoms. The monoisotopic (exact) mass is 452 g/mol. The smallest absolute Gasteiger partial charge is 0.359 e. The lowest BCUT2D eigenvalue weighted by atomic mass is 9.92. The van der Waals surface area contributed by atoms with E-state index in [-0.39, 0.29) is 36.4 Å². The van der Waals surface area contributed by atoms with Gasteiger partial charge in [-0.25, -0.2) is 9.78 Å². The van der Waals surface area contributed by atoms with Crippen molar-refractivity contribution in [1.29, 1.82) is 0 Å². The number of carbonyl (C=O) groups excluding carboxylic acids is 3. The van der Waals surface area contributed by atoms with Crippen LogP contribution in [0.15, 0.2) is 30.6 Å². The van der Waals surface area contributed by atoms with E-state index in [2.05, 4.69) is 10.3 Å². The van der Waals surface area contributed by atoms with E-state index < -0.39 is 17.4 Å². The van der Waals surface area contributed by atoms with E-state index in [0.717, 1.165) is 36.8 Å². The number of rotatable bonds is 5. The Hall–Kier alpha value is -3.16. The van der Waals surface area contributed by atoms with Crippen LogP contribution in [0.5, 0.6) is 0 Å². The van der Waals surface area contributed by atoms with Gasteiger partial charge in [-0.3, -0.25) is 9.59 Å². The number of amides is 2. The molecule has 1 N–H and O–H groups in total. The van der Waals surface area contributed by atoms with E-state index in [9.17, 15) is 14.4 Å². The van der Waals surface area contributed by atoms with E-state index >= 15 is 0 Å². The van der Waals surface area contributed by atoms with Crippen molar-refractivity contribution in [3.05, 3.63) is 53.1 Å². The van der Waals surface area contributed by atoms with Crippen LogP contribution < -0.4 is 5.32 Å². The molecule has 2 heterocycles. The third-order valence-corrected chi connectivity index (χ3v) is 7.01. The van der Waals surface area contributed by atoms with Crippen molar-refractivity contribution in [3.63, 3.8) is 0 Å². The van der Waals surface area contributed by atoms with E-state index in [1.54, 1.807) is 16.4 Å². The highest BCUT2D eigenvalue weighted by Gasteiger charge is 2.49. The summed E-state index contributed by atoms with van der Waals surface area (Å²) in [7, 11) is 1.26. The van der Waals surface area contributed by atoms with E-state index in [0.29, 0.717) is 0 Å². The molecule has 0 radical (unpaired) electrons. The van der Waals surface area contributed by atoms with Crippen LogP contribution in [0, 0.1) is 6.92 Å².